The standard InChI is InChI=1S/C23H21N3O5/c1-16-5-3-6-18(13-16)23(27)25-24-14-19-7-4-8-21(30-2)22(19)31-15-17-9-11-20(12-10-17)26(28)29/h3-14H,15H2,1-2H3,(H,25,27)/b24-14+. The Kier molecular flexibility index (Phi) is 6.95. The number of hydrogen-bond donors (Lipinski definition) is 1. The molecule has 3 aromatic carbocycles. The molecule has 3 aromatic rings. The van der Waals surface area contributed by atoms with Crippen molar-refractivity contribution in [2.75, 3.05) is 7.11 Å². The number of hydrogen-bond acceptors (Lipinski definition) is 6. The maximum absolute atomic E-state index is 12.3. The predicted octanol–water partition coefficient (Wildman–Crippen LogP) is 4.25. The Morgan fingerprint density at radius 3 is 2.55 bits per heavy atom. The monoisotopic (exact) mass is 419 g/mol. The highest BCUT2D eigenvalue weighted by molar-refractivity contribution is 5.95. The Labute approximate surface area is 179 Å². The second-order valence-electron chi connectivity index (χ2n) is 6.66. The van der Waals surface area contributed by atoms with Crippen LogP contribution in [-0.4, -0.2) is 24.2 Å². The van der Waals surface area contributed by atoms with E-state index in [1.165, 1.54) is 25.5 Å². The van der Waals surface area contributed by atoms with Crippen LogP contribution in [0.5, 0.6) is 11.5 Å². The number of ether oxygens (including phenoxy) is 2. The lowest BCUT2D eigenvalue weighted by molar-refractivity contribution is -0.384. The van der Waals surface area contributed by atoms with Gasteiger partial charge in [0.1, 0.15) is 6.61 Å². The molecule has 158 valence electrons. The van der Waals surface area contributed by atoms with Gasteiger partial charge in [0.25, 0.3) is 11.6 Å². The van der Waals surface area contributed by atoms with Crippen molar-refractivity contribution in [1.82, 2.24) is 5.43 Å². The van der Waals surface area contributed by atoms with Crippen LogP contribution in [-0.2, 0) is 6.61 Å². The highest BCUT2D eigenvalue weighted by Crippen LogP contribution is 2.31. The number of benzene rings is 3. The summed E-state index contributed by atoms with van der Waals surface area (Å²) in [6, 6.07) is 18.6. The van der Waals surface area contributed by atoms with E-state index < -0.39 is 4.92 Å². The minimum atomic E-state index is -0.454. The van der Waals surface area contributed by atoms with Crippen molar-refractivity contribution < 1.29 is 19.2 Å². The quantitative estimate of drug-likeness (QED) is 0.334. The molecule has 0 aliphatic rings. The molecular formula is C23H21N3O5. The van der Waals surface area contributed by atoms with Crippen LogP contribution < -0.4 is 14.9 Å². The van der Waals surface area contributed by atoms with Crippen molar-refractivity contribution in [1.29, 1.82) is 0 Å². The van der Waals surface area contributed by atoms with E-state index in [1.54, 1.807) is 48.5 Å². The fourth-order valence-electron chi connectivity index (χ4n) is 2.83. The largest absolute Gasteiger partial charge is 0.493 e. The lowest BCUT2D eigenvalue weighted by atomic mass is 10.1. The van der Waals surface area contributed by atoms with Gasteiger partial charge in [0.15, 0.2) is 11.5 Å². The van der Waals surface area contributed by atoms with E-state index in [4.69, 9.17) is 9.47 Å². The number of nitrogens with zero attached hydrogens (tertiary/aromatic N) is 2. The molecule has 0 atom stereocenters. The van der Waals surface area contributed by atoms with Gasteiger partial charge < -0.3 is 9.47 Å². The minimum absolute atomic E-state index is 0.0122. The number of amides is 1. The predicted molar refractivity (Wildman–Crippen MR) is 117 cm³/mol. The first-order chi connectivity index (χ1) is 15.0. The summed E-state index contributed by atoms with van der Waals surface area (Å²) in [5.41, 5.74) is 5.36. The molecule has 0 fully saturated rings. The summed E-state index contributed by atoms with van der Waals surface area (Å²) in [5.74, 6) is 0.615. The first-order valence-electron chi connectivity index (χ1n) is 9.41. The maximum Gasteiger partial charge on any atom is 0.271 e. The average Bonchev–Trinajstić information content (AvgIpc) is 2.78. The van der Waals surface area contributed by atoms with Gasteiger partial charge in [-0.1, -0.05) is 23.8 Å². The zero-order valence-corrected chi connectivity index (χ0v) is 17.1. The van der Waals surface area contributed by atoms with Crippen LogP contribution in [0.1, 0.15) is 27.0 Å². The number of aryl methyl sites for hydroxylation is 1. The second-order valence-corrected chi connectivity index (χ2v) is 6.66. The van der Waals surface area contributed by atoms with Gasteiger partial charge in [0.05, 0.1) is 18.2 Å². The Balaban J connectivity index is 1.73. The molecule has 0 saturated heterocycles. The second kappa shape index (κ2) is 10.0. The molecule has 8 nitrogen and oxygen atoms in total. The highest BCUT2D eigenvalue weighted by Gasteiger charge is 2.11. The van der Waals surface area contributed by atoms with E-state index in [2.05, 4.69) is 10.5 Å². The van der Waals surface area contributed by atoms with Crippen molar-refractivity contribution in [3.05, 3.63) is 99.1 Å². The van der Waals surface area contributed by atoms with E-state index in [1.807, 2.05) is 13.0 Å². The number of nitro groups is 1. The Bertz CT molecular complexity index is 1110. The molecule has 0 aromatic heterocycles. The topological polar surface area (TPSA) is 103 Å². The average molecular weight is 419 g/mol. The molecule has 0 radical (unpaired) electrons. The van der Waals surface area contributed by atoms with Gasteiger partial charge in [0, 0.05) is 23.3 Å². The first kappa shape index (κ1) is 21.5. The minimum Gasteiger partial charge on any atom is -0.493 e. The number of hydrazone groups is 1. The zero-order valence-electron chi connectivity index (χ0n) is 17.1. The first-order valence-corrected chi connectivity index (χ1v) is 9.41. The van der Waals surface area contributed by atoms with E-state index >= 15 is 0 Å². The van der Waals surface area contributed by atoms with Crippen molar-refractivity contribution in [2.24, 2.45) is 5.10 Å². The number of non-ortho nitro benzene ring substituents is 1. The number of rotatable bonds is 8. The highest BCUT2D eigenvalue weighted by atomic mass is 16.6. The fraction of sp³-hybridized carbons (Fsp3) is 0.130. The lowest BCUT2D eigenvalue weighted by Gasteiger charge is -2.13. The number of para-hydroxylation sites is 1. The summed E-state index contributed by atoms with van der Waals surface area (Å²) in [5, 5.41) is 14.8. The van der Waals surface area contributed by atoms with Crippen LogP contribution in [0.2, 0.25) is 0 Å². The lowest BCUT2D eigenvalue weighted by Crippen LogP contribution is -2.17. The van der Waals surface area contributed by atoms with Gasteiger partial charge >= 0.3 is 0 Å². The van der Waals surface area contributed by atoms with Crippen molar-refractivity contribution in [3.8, 4) is 11.5 Å². The third-order valence-electron chi connectivity index (χ3n) is 4.41. The van der Waals surface area contributed by atoms with Crippen molar-refractivity contribution in [2.45, 2.75) is 13.5 Å². The van der Waals surface area contributed by atoms with E-state index in [-0.39, 0.29) is 18.2 Å². The summed E-state index contributed by atoms with van der Waals surface area (Å²) in [6.07, 6.45) is 1.47. The summed E-state index contributed by atoms with van der Waals surface area (Å²) < 4.78 is 11.3. The molecule has 0 heterocycles. The fourth-order valence-corrected chi connectivity index (χ4v) is 2.83. The van der Waals surface area contributed by atoms with Crippen LogP contribution in [0.3, 0.4) is 0 Å². The molecule has 8 heteroatoms. The SMILES string of the molecule is COc1cccc(/C=N/NC(=O)c2cccc(C)c2)c1OCc1ccc([N+](=O)[O-])cc1. The number of nitrogens with one attached hydrogen (secondary N) is 1. The van der Waals surface area contributed by atoms with Crippen LogP contribution >= 0.6 is 0 Å². The molecule has 0 spiro atoms. The third kappa shape index (κ3) is 5.66. The third-order valence-corrected chi connectivity index (χ3v) is 4.41. The van der Waals surface area contributed by atoms with E-state index in [0.29, 0.717) is 22.6 Å². The van der Waals surface area contributed by atoms with Gasteiger partial charge in [-0.05, 0) is 48.9 Å². The van der Waals surface area contributed by atoms with Gasteiger partial charge in [-0.25, -0.2) is 5.43 Å². The number of methoxy groups -OCH3 is 1. The van der Waals surface area contributed by atoms with Gasteiger partial charge in [-0.2, -0.15) is 5.10 Å². The maximum atomic E-state index is 12.3. The number of carbonyl (C=O) groups excluding carboxylic acids is 1. The molecule has 1 amide bonds. The molecular weight excluding hydrogens is 398 g/mol. The normalized spacial score (nSPS) is 10.6. The molecule has 0 saturated carbocycles. The summed E-state index contributed by atoms with van der Waals surface area (Å²) in [6.45, 7) is 2.08. The van der Waals surface area contributed by atoms with Gasteiger partial charge in [0.2, 0.25) is 0 Å². The molecule has 3 rings (SSSR count). The van der Waals surface area contributed by atoms with Crippen LogP contribution in [0.25, 0.3) is 0 Å². The van der Waals surface area contributed by atoms with Crippen molar-refractivity contribution >= 4 is 17.8 Å². The van der Waals surface area contributed by atoms with Crippen molar-refractivity contribution in [3.63, 3.8) is 0 Å². The van der Waals surface area contributed by atoms with Crippen LogP contribution in [0, 0.1) is 17.0 Å². The Hall–Kier alpha value is -4.20. The molecule has 31 heavy (non-hydrogen) atoms. The van der Waals surface area contributed by atoms with Gasteiger partial charge in [-0.3, -0.25) is 14.9 Å². The molecule has 0 aliphatic heterocycles. The summed E-state index contributed by atoms with van der Waals surface area (Å²) in [7, 11) is 1.52. The molecule has 1 N–H and O–H groups in total. The Morgan fingerprint density at radius 1 is 1.13 bits per heavy atom. The molecule has 0 aliphatic carbocycles. The van der Waals surface area contributed by atoms with E-state index in [9.17, 15) is 14.9 Å². The summed E-state index contributed by atoms with van der Waals surface area (Å²) in [4.78, 5) is 22.6. The summed E-state index contributed by atoms with van der Waals surface area (Å²) >= 11 is 0. The van der Waals surface area contributed by atoms with Crippen LogP contribution in [0.15, 0.2) is 71.8 Å². The van der Waals surface area contributed by atoms with Crippen LogP contribution in [0.4, 0.5) is 5.69 Å². The Morgan fingerprint density at radius 2 is 1.87 bits per heavy atom. The van der Waals surface area contributed by atoms with Gasteiger partial charge in [-0.15, -0.1) is 0 Å². The molecule has 0 bridgehead atoms. The zero-order chi connectivity index (χ0) is 22.2. The smallest absolute Gasteiger partial charge is 0.271 e. The number of nitro benzene ring substituents is 1. The number of carbonyl (C=O) groups is 1. The molecule has 0 unspecified atom stereocenters. The van der Waals surface area contributed by atoms with E-state index in [0.717, 1.165) is 11.1 Å².